The number of aromatic nitrogens is 3. The number of nitrogens with zero attached hydrogens (tertiary/aromatic N) is 4. The molecule has 0 aliphatic heterocycles. The highest BCUT2D eigenvalue weighted by Gasteiger charge is 2.32. The van der Waals surface area contributed by atoms with E-state index in [-0.39, 0.29) is 23.4 Å². The van der Waals surface area contributed by atoms with Crippen LogP contribution in [0.15, 0.2) is 75.4 Å². The van der Waals surface area contributed by atoms with Crippen LogP contribution in [0, 0.1) is 24.2 Å². The van der Waals surface area contributed by atoms with Crippen molar-refractivity contribution in [3.05, 3.63) is 99.6 Å². The fourth-order valence-corrected chi connectivity index (χ4v) is 5.94. The van der Waals surface area contributed by atoms with Crippen LogP contribution in [0.2, 0.25) is 0 Å². The smallest absolute Gasteiger partial charge is 0.296 e. The molecule has 0 radical (unpaired) electrons. The minimum atomic E-state index is -4.55. The summed E-state index contributed by atoms with van der Waals surface area (Å²) < 4.78 is 48.5. The van der Waals surface area contributed by atoms with Crippen LogP contribution in [0.3, 0.4) is 0 Å². The van der Waals surface area contributed by atoms with E-state index in [1.54, 1.807) is 51.1 Å². The predicted molar refractivity (Wildman–Crippen MR) is 149 cm³/mol. The zero-order valence-electron chi connectivity index (χ0n) is 23.0. The van der Waals surface area contributed by atoms with Crippen LogP contribution in [0.25, 0.3) is 11.1 Å². The van der Waals surface area contributed by atoms with Gasteiger partial charge < -0.3 is 9.84 Å². The van der Waals surface area contributed by atoms with Crippen molar-refractivity contribution >= 4 is 9.84 Å². The molecule has 4 rings (SSSR count). The van der Waals surface area contributed by atoms with Crippen molar-refractivity contribution in [2.24, 2.45) is 0 Å². The van der Waals surface area contributed by atoms with Gasteiger partial charge in [-0.1, -0.05) is 31.2 Å². The molecule has 4 aromatic rings. The van der Waals surface area contributed by atoms with Crippen LogP contribution in [0.4, 0.5) is 4.39 Å². The van der Waals surface area contributed by atoms with Crippen molar-refractivity contribution in [3.8, 4) is 23.1 Å². The van der Waals surface area contributed by atoms with Gasteiger partial charge in [0.1, 0.15) is 12.4 Å². The third-order valence-corrected chi connectivity index (χ3v) is 8.45. The van der Waals surface area contributed by atoms with Gasteiger partial charge in [0, 0.05) is 11.8 Å². The maximum atomic E-state index is 14.0. The van der Waals surface area contributed by atoms with E-state index in [4.69, 9.17) is 4.74 Å². The summed E-state index contributed by atoms with van der Waals surface area (Å²) in [7, 11) is -4.55. The molecule has 212 valence electrons. The lowest BCUT2D eigenvalue weighted by atomic mass is 10.0. The van der Waals surface area contributed by atoms with Crippen LogP contribution in [0.1, 0.15) is 55.7 Å². The summed E-state index contributed by atoms with van der Waals surface area (Å²) >= 11 is 0. The molecule has 0 saturated heterocycles. The number of hydrogen-bond acceptors (Lipinski definition) is 8. The molecule has 0 aliphatic carbocycles. The van der Waals surface area contributed by atoms with E-state index in [0.29, 0.717) is 34.2 Å². The monoisotopic (exact) mass is 576 g/mol. The zero-order chi connectivity index (χ0) is 29.9. The summed E-state index contributed by atoms with van der Waals surface area (Å²) in [5.41, 5.74) is 1.26. The number of rotatable bonds is 9. The molecule has 0 bridgehead atoms. The molecular weight excluding hydrogens is 547 g/mol. The molecule has 2 aromatic heterocycles. The molecule has 41 heavy (non-hydrogen) atoms. The van der Waals surface area contributed by atoms with Crippen LogP contribution >= 0.6 is 0 Å². The maximum absolute atomic E-state index is 14.0. The second-order valence-corrected chi connectivity index (χ2v) is 11.6. The van der Waals surface area contributed by atoms with Crippen molar-refractivity contribution in [2.45, 2.75) is 62.7 Å². The first-order valence-electron chi connectivity index (χ1n) is 12.9. The normalized spacial score (nSPS) is 12.3. The van der Waals surface area contributed by atoms with Gasteiger partial charge in [-0.05, 0) is 74.2 Å². The van der Waals surface area contributed by atoms with Crippen molar-refractivity contribution in [1.82, 2.24) is 14.5 Å². The van der Waals surface area contributed by atoms with E-state index in [9.17, 15) is 28.0 Å². The minimum Gasteiger partial charge on any atom is -0.493 e. The Labute approximate surface area is 237 Å². The predicted octanol–water partition coefficient (Wildman–Crippen LogP) is 5.09. The molecular formula is C30H29FN4O5S. The van der Waals surface area contributed by atoms with Gasteiger partial charge in [0.05, 0.1) is 28.7 Å². The summed E-state index contributed by atoms with van der Waals surface area (Å²) in [6, 6.07) is 15.3. The van der Waals surface area contributed by atoms with E-state index in [1.807, 2.05) is 6.92 Å². The highest BCUT2D eigenvalue weighted by molar-refractivity contribution is 7.91. The highest BCUT2D eigenvalue weighted by Crippen LogP contribution is 2.34. The molecule has 0 aliphatic rings. The molecule has 1 atom stereocenters. The Morgan fingerprint density at radius 3 is 2.49 bits per heavy atom. The summed E-state index contributed by atoms with van der Waals surface area (Å²) in [4.78, 5) is 19.7. The first-order chi connectivity index (χ1) is 19.5. The van der Waals surface area contributed by atoms with E-state index in [0.717, 1.165) is 0 Å². The second kappa shape index (κ2) is 12.0. The molecule has 2 aromatic carbocycles. The van der Waals surface area contributed by atoms with Gasteiger partial charge in [-0.2, -0.15) is 14.6 Å². The number of aromatic hydroxyl groups is 1. The largest absolute Gasteiger partial charge is 0.493 e. The van der Waals surface area contributed by atoms with Crippen LogP contribution in [-0.4, -0.2) is 34.2 Å². The molecule has 0 saturated carbocycles. The van der Waals surface area contributed by atoms with E-state index in [1.165, 1.54) is 35.0 Å². The Bertz CT molecular complexity index is 1800. The Morgan fingerprint density at radius 1 is 1.15 bits per heavy atom. The molecule has 0 amide bonds. The van der Waals surface area contributed by atoms with E-state index >= 15 is 0 Å². The number of pyridine rings is 1. The Hall–Kier alpha value is -4.40. The highest BCUT2D eigenvalue weighted by atomic mass is 32.2. The van der Waals surface area contributed by atoms with Crippen LogP contribution in [0.5, 0.6) is 5.88 Å². The quantitative estimate of drug-likeness (QED) is 0.272. The number of hydrogen-bond donors (Lipinski definition) is 1. The zero-order valence-corrected chi connectivity index (χ0v) is 23.8. The number of halogens is 1. The summed E-state index contributed by atoms with van der Waals surface area (Å²) in [5, 5.41) is 20.9. The third-order valence-electron chi connectivity index (χ3n) is 6.67. The molecule has 11 heteroatoms. The standard InChI is InChI=1S/C30H29FN4O5S/c1-5-25(22-8-6-7-20(15-22)16-32)35-26(17-40-18(2)3)34-29(36)27(30(35)37)41(38,39)23-11-9-21(10-12-23)24-13-14-33-28(31)19(24)4/h6-15,18,25,37H,5,17H2,1-4H3. The van der Waals surface area contributed by atoms with Gasteiger partial charge in [0.15, 0.2) is 4.90 Å². The van der Waals surface area contributed by atoms with Gasteiger partial charge in [0.2, 0.25) is 21.7 Å². The number of benzene rings is 2. The van der Waals surface area contributed by atoms with Crippen molar-refractivity contribution in [3.63, 3.8) is 0 Å². The van der Waals surface area contributed by atoms with Gasteiger partial charge in [-0.15, -0.1) is 0 Å². The topological polar surface area (TPSA) is 135 Å². The number of nitriles is 1. The first-order valence-corrected chi connectivity index (χ1v) is 14.4. The van der Waals surface area contributed by atoms with Crippen molar-refractivity contribution in [2.75, 3.05) is 0 Å². The number of sulfone groups is 1. The minimum absolute atomic E-state index is 0.0416. The van der Waals surface area contributed by atoms with Gasteiger partial charge >= 0.3 is 0 Å². The molecule has 1 N–H and O–H groups in total. The Kier molecular flexibility index (Phi) is 8.66. The summed E-state index contributed by atoms with van der Waals surface area (Å²) in [5.74, 6) is -1.37. The summed E-state index contributed by atoms with van der Waals surface area (Å²) in [6.07, 6.45) is 1.46. The first kappa shape index (κ1) is 29.6. The Morgan fingerprint density at radius 2 is 1.85 bits per heavy atom. The van der Waals surface area contributed by atoms with E-state index < -0.39 is 38.2 Å². The van der Waals surface area contributed by atoms with Crippen LogP contribution < -0.4 is 5.56 Å². The molecule has 1 unspecified atom stereocenters. The van der Waals surface area contributed by atoms with Crippen molar-refractivity contribution in [1.29, 1.82) is 5.26 Å². The molecule has 2 heterocycles. The third kappa shape index (κ3) is 5.89. The lowest BCUT2D eigenvalue weighted by Gasteiger charge is -2.25. The second-order valence-electron chi connectivity index (χ2n) is 9.68. The van der Waals surface area contributed by atoms with Crippen LogP contribution in [-0.2, 0) is 21.2 Å². The lowest BCUT2D eigenvalue weighted by Crippen LogP contribution is -2.28. The average Bonchev–Trinajstić information content (AvgIpc) is 2.95. The Balaban J connectivity index is 1.88. The lowest BCUT2D eigenvalue weighted by molar-refractivity contribution is 0.0571. The van der Waals surface area contributed by atoms with Gasteiger partial charge in [-0.25, -0.2) is 13.4 Å². The molecule has 9 nitrogen and oxygen atoms in total. The summed E-state index contributed by atoms with van der Waals surface area (Å²) in [6.45, 7) is 6.81. The fourth-order valence-electron chi connectivity index (χ4n) is 4.59. The fraction of sp³-hybridized carbons (Fsp3) is 0.267. The maximum Gasteiger partial charge on any atom is 0.296 e. The molecule has 0 fully saturated rings. The van der Waals surface area contributed by atoms with Crippen molar-refractivity contribution < 1.29 is 22.7 Å². The van der Waals surface area contributed by atoms with E-state index in [2.05, 4.69) is 16.0 Å². The van der Waals surface area contributed by atoms with Gasteiger partial charge in [0.25, 0.3) is 5.56 Å². The number of ether oxygens (including phenoxy) is 1. The SMILES string of the molecule is CCC(c1cccc(C#N)c1)n1c(COC(C)C)nc(=O)c(S(=O)(=O)c2ccc(-c3ccnc(F)c3C)cc2)c1O. The molecule has 0 spiro atoms. The average molecular weight is 577 g/mol. The van der Waals surface area contributed by atoms with Gasteiger partial charge in [-0.3, -0.25) is 9.36 Å².